The Labute approximate surface area is 328 Å². The van der Waals surface area contributed by atoms with Gasteiger partial charge in [-0.2, -0.15) is 0 Å². The van der Waals surface area contributed by atoms with Crippen LogP contribution in [0.25, 0.3) is 0 Å². The van der Waals surface area contributed by atoms with E-state index < -0.39 is 63.9 Å². The van der Waals surface area contributed by atoms with E-state index in [0.29, 0.717) is 6.42 Å². The predicted molar refractivity (Wildman–Crippen MR) is 211 cm³/mol. The van der Waals surface area contributed by atoms with Crippen LogP contribution in [0.2, 0.25) is 0 Å². The van der Waals surface area contributed by atoms with Gasteiger partial charge in [0, 0.05) is 6.42 Å². The second-order valence-corrected chi connectivity index (χ2v) is 17.4. The summed E-state index contributed by atoms with van der Waals surface area (Å²) in [6, 6.07) is -1.02. The fourth-order valence-corrected chi connectivity index (χ4v) is 8.30. The molecule has 13 heteroatoms. The van der Waals surface area contributed by atoms with E-state index in [0.717, 1.165) is 40.0 Å². The largest absolute Gasteiger partial charge is 0.726 e. The molecule has 7 atom stereocenters. The van der Waals surface area contributed by atoms with Crippen LogP contribution < -0.4 is 5.32 Å². The number of hydrogen-bond donors (Lipinski definition) is 5. The van der Waals surface area contributed by atoms with Crippen molar-refractivity contribution in [2.24, 2.45) is 0 Å². The Morgan fingerprint density at radius 1 is 0.759 bits per heavy atom. The summed E-state index contributed by atoms with van der Waals surface area (Å²) in [5.74, 6) is -2.53. The summed E-state index contributed by atoms with van der Waals surface area (Å²) >= 11 is 0. The van der Waals surface area contributed by atoms with E-state index in [1.165, 1.54) is 129 Å². The highest BCUT2D eigenvalue weighted by Crippen LogP contribution is 2.55. The van der Waals surface area contributed by atoms with Gasteiger partial charge < -0.3 is 39.8 Å². The molecule has 320 valence electrons. The van der Waals surface area contributed by atoms with E-state index in [2.05, 4.69) is 12.2 Å². The average molecular weight is 793 g/mol. The van der Waals surface area contributed by atoms with Crippen LogP contribution in [-0.4, -0.2) is 92.9 Å². The molecular formula is C41H78NO11S-. The lowest BCUT2D eigenvalue weighted by molar-refractivity contribution is -0.453. The number of hydrogen-bond acceptors (Lipinski definition) is 11. The zero-order chi connectivity index (χ0) is 40.9. The highest BCUT2D eigenvalue weighted by atomic mass is 32.3. The van der Waals surface area contributed by atoms with Crippen LogP contribution in [-0.2, 0) is 28.9 Å². The first-order chi connectivity index (χ1) is 25.3. The number of unbranched alkanes of at least 4 members (excludes halogenated alkanes) is 20. The van der Waals surface area contributed by atoms with E-state index in [1.807, 2.05) is 0 Å². The third kappa shape index (κ3) is 15.6. The van der Waals surface area contributed by atoms with Crippen LogP contribution in [0, 0.1) is 0 Å². The van der Waals surface area contributed by atoms with Crippen LogP contribution in [0.1, 0.15) is 190 Å². The van der Waals surface area contributed by atoms with E-state index in [9.17, 15) is 38.2 Å². The number of allylic oxidation sites excluding steroid dienone is 1. The Morgan fingerprint density at radius 2 is 1.17 bits per heavy atom. The lowest BCUT2D eigenvalue weighted by atomic mass is 9.61. The highest BCUT2D eigenvalue weighted by molar-refractivity contribution is 7.80. The predicted octanol–water partition coefficient (Wildman–Crippen LogP) is 7.26. The van der Waals surface area contributed by atoms with E-state index in [-0.39, 0.29) is 12.3 Å². The van der Waals surface area contributed by atoms with Crippen molar-refractivity contribution in [3.8, 4) is 0 Å². The third-order valence-corrected chi connectivity index (χ3v) is 12.5. The van der Waals surface area contributed by atoms with Gasteiger partial charge in [0.05, 0.1) is 25.4 Å². The molecule has 1 amide bonds. The second-order valence-electron chi connectivity index (χ2n) is 16.4. The van der Waals surface area contributed by atoms with Gasteiger partial charge >= 0.3 is 0 Å². The van der Waals surface area contributed by atoms with E-state index in [1.54, 1.807) is 13.0 Å². The molecule has 0 aliphatic carbocycles. The number of rotatable bonds is 31. The SMILES string of the molecule is C/C=C/C(O)C(COC1(C)OC(C)(CO)C(C)(O)C(C)(OS(=O)(=O)[O-])C1(C)O)NC(=O)CCCCCCCCCCCCCCCCCCCCCCC. The van der Waals surface area contributed by atoms with Crippen molar-refractivity contribution in [3.63, 3.8) is 0 Å². The molecule has 1 aliphatic rings. The first kappa shape index (κ1) is 50.9. The molecule has 12 nitrogen and oxygen atoms in total. The average Bonchev–Trinajstić information content (AvgIpc) is 3.09. The van der Waals surface area contributed by atoms with Crippen molar-refractivity contribution in [1.29, 1.82) is 0 Å². The molecule has 1 aliphatic heterocycles. The number of carbonyl (C=O) groups is 1. The van der Waals surface area contributed by atoms with Crippen molar-refractivity contribution in [2.75, 3.05) is 13.2 Å². The maximum absolute atomic E-state index is 12.9. The van der Waals surface area contributed by atoms with Crippen LogP contribution >= 0.6 is 0 Å². The van der Waals surface area contributed by atoms with Crippen LogP contribution in [0.15, 0.2) is 12.2 Å². The van der Waals surface area contributed by atoms with Gasteiger partial charge in [0.25, 0.3) is 0 Å². The van der Waals surface area contributed by atoms with Crippen LogP contribution in [0.5, 0.6) is 0 Å². The summed E-state index contributed by atoms with van der Waals surface area (Å²) in [5.41, 5.74) is -9.57. The highest BCUT2D eigenvalue weighted by Gasteiger charge is 2.76. The van der Waals surface area contributed by atoms with Crippen LogP contribution in [0.4, 0.5) is 0 Å². The van der Waals surface area contributed by atoms with Gasteiger partial charge in [-0.3, -0.25) is 8.98 Å². The Hall–Kier alpha value is -1.16. The standard InChI is InChI=1S/C41H79NO11S/c1-8-10-11-12-13-14-15-16-17-18-19-20-21-22-23-24-25-26-27-28-29-31-36(45)42-34(35(44)30-9-2)32-51-41(7)39(5,47)40(6,53-54(48,49)50)38(4,46)37(3,33-43)52-41/h9,30,34-35,43-44,46-47H,8,10-29,31-33H2,1-7H3,(H,42,45)(H,48,49,50)/p-1/b30-9+. The Balaban J connectivity index is 2.46. The van der Waals surface area contributed by atoms with Crippen LogP contribution in [0.3, 0.4) is 0 Å². The fraction of sp³-hybridized carbons (Fsp3) is 0.927. The van der Waals surface area contributed by atoms with Gasteiger partial charge in [-0.05, 0) is 48.0 Å². The van der Waals surface area contributed by atoms with Crippen molar-refractivity contribution in [3.05, 3.63) is 12.2 Å². The number of aliphatic hydroxyl groups is 4. The smallest absolute Gasteiger partial charge is 0.220 e. The summed E-state index contributed by atoms with van der Waals surface area (Å²) in [6.07, 6.45) is 28.8. The van der Waals surface area contributed by atoms with E-state index in [4.69, 9.17) is 13.7 Å². The molecule has 54 heavy (non-hydrogen) atoms. The normalized spacial score (nSPS) is 28.7. The zero-order valence-electron chi connectivity index (χ0n) is 34.8. The molecule has 1 rings (SSSR count). The first-order valence-electron chi connectivity index (χ1n) is 20.9. The first-order valence-corrected chi connectivity index (χ1v) is 22.3. The van der Waals surface area contributed by atoms with Gasteiger partial charge in [0.1, 0.15) is 22.4 Å². The monoisotopic (exact) mass is 793 g/mol. The molecule has 1 fully saturated rings. The van der Waals surface area contributed by atoms with Gasteiger partial charge in [-0.25, -0.2) is 8.42 Å². The molecule has 0 aromatic carbocycles. The van der Waals surface area contributed by atoms with E-state index >= 15 is 0 Å². The zero-order valence-corrected chi connectivity index (χ0v) is 35.7. The Bertz CT molecular complexity index is 1180. The summed E-state index contributed by atoms with van der Waals surface area (Å²) in [5, 5.41) is 47.0. The quantitative estimate of drug-likeness (QED) is 0.0205. The van der Waals surface area contributed by atoms with Crippen molar-refractivity contribution in [1.82, 2.24) is 5.32 Å². The molecule has 0 radical (unpaired) electrons. The molecule has 1 heterocycles. The minimum atomic E-state index is -5.50. The van der Waals surface area contributed by atoms with Gasteiger partial charge in [0.15, 0.2) is 5.79 Å². The number of ether oxygens (including phenoxy) is 2. The lowest BCUT2D eigenvalue weighted by Gasteiger charge is -2.66. The maximum atomic E-state index is 12.9. The molecule has 1 saturated heterocycles. The van der Waals surface area contributed by atoms with Crippen molar-refractivity contribution in [2.45, 2.75) is 230 Å². The van der Waals surface area contributed by atoms with Gasteiger partial charge in [-0.1, -0.05) is 147 Å². The van der Waals surface area contributed by atoms with Gasteiger partial charge in [-0.15, -0.1) is 0 Å². The molecule has 5 N–H and O–H groups in total. The Kier molecular flexibility index (Phi) is 23.1. The second kappa shape index (κ2) is 24.6. The molecule has 0 aromatic rings. The topological polar surface area (TPSA) is 195 Å². The number of nitrogens with one attached hydrogen (secondary N) is 1. The summed E-state index contributed by atoms with van der Waals surface area (Å²) < 4.78 is 52.1. The molecule has 0 spiro atoms. The summed E-state index contributed by atoms with van der Waals surface area (Å²) in [7, 11) is -5.50. The third-order valence-electron chi connectivity index (χ3n) is 12.0. The molecule has 0 bridgehead atoms. The fourth-order valence-electron chi connectivity index (χ4n) is 7.57. The molecular weight excluding hydrogens is 715 g/mol. The van der Waals surface area contributed by atoms with Gasteiger partial charge in [0.2, 0.25) is 16.3 Å². The lowest BCUT2D eigenvalue weighted by Crippen LogP contribution is -2.85. The minimum absolute atomic E-state index is 0.238. The number of carbonyl (C=O) groups excluding carboxylic acids is 1. The van der Waals surface area contributed by atoms with Crippen molar-refractivity contribution >= 4 is 16.3 Å². The summed E-state index contributed by atoms with van der Waals surface area (Å²) in [4.78, 5) is 12.9. The number of aliphatic hydroxyl groups excluding tert-OH is 2. The Morgan fingerprint density at radius 3 is 1.54 bits per heavy atom. The minimum Gasteiger partial charge on any atom is -0.726 e. The maximum Gasteiger partial charge on any atom is 0.220 e. The molecule has 7 unspecified atom stereocenters. The molecule has 0 saturated carbocycles. The molecule has 0 aromatic heterocycles. The number of amides is 1. The van der Waals surface area contributed by atoms with Crippen molar-refractivity contribution < 1.29 is 51.8 Å². The summed E-state index contributed by atoms with van der Waals surface area (Å²) in [6.45, 7) is 8.27.